The summed E-state index contributed by atoms with van der Waals surface area (Å²) in [5, 5.41) is 12.6. The lowest BCUT2D eigenvalue weighted by atomic mass is 9.82. The Kier molecular flexibility index (Phi) is 8.80. The van der Waals surface area contributed by atoms with Gasteiger partial charge in [0.2, 0.25) is 0 Å². The molecular formula is C37H46ClN7O3. The summed E-state index contributed by atoms with van der Waals surface area (Å²) >= 11 is 6.76. The highest BCUT2D eigenvalue weighted by molar-refractivity contribution is 6.36. The van der Waals surface area contributed by atoms with E-state index in [1.54, 1.807) is 4.90 Å². The molecule has 0 bridgehead atoms. The predicted molar refractivity (Wildman–Crippen MR) is 188 cm³/mol. The van der Waals surface area contributed by atoms with E-state index < -0.39 is 5.60 Å². The van der Waals surface area contributed by atoms with Crippen molar-refractivity contribution in [1.29, 1.82) is 5.26 Å². The van der Waals surface area contributed by atoms with Crippen molar-refractivity contribution < 1.29 is 14.3 Å². The SMILES string of the molecule is CN1CC2CCCC2(COc2nc3c(c(N4CCN(C(=O)OC(C)(C)C)[C@@H](CC#N)C4)n2)CCN(c2cccc4cccc(Cl)c24)C3)C1. The number of hydrogen-bond acceptors (Lipinski definition) is 9. The summed E-state index contributed by atoms with van der Waals surface area (Å²) < 4.78 is 12.3. The van der Waals surface area contributed by atoms with Gasteiger partial charge >= 0.3 is 12.1 Å². The average Bonchev–Trinajstić information content (AvgIpc) is 3.58. The second-order valence-electron chi connectivity index (χ2n) is 15.1. The number of carbonyl (C=O) groups excluding carboxylic acids is 1. The van der Waals surface area contributed by atoms with Gasteiger partial charge in [-0.25, -0.2) is 4.79 Å². The standard InChI is InChI=1S/C37H46ClN7O3/c1-36(2,3)48-35(46)45-19-18-44(21-27(45)13-16-39)33-28-14-17-43(31-12-6-9-25-8-5-11-29(38)32(25)31)22-30(28)40-34(41-33)47-24-37-15-7-10-26(37)20-42(4)23-37/h5-6,8-9,11-12,26-27H,7,10,13-15,17-24H2,1-4H3/t26?,27-,37?/m0/s1. The second kappa shape index (κ2) is 12.9. The molecule has 1 amide bonds. The van der Waals surface area contributed by atoms with Gasteiger partial charge in [0.05, 0.1) is 42.4 Å². The van der Waals surface area contributed by atoms with Crippen molar-refractivity contribution >= 4 is 40.0 Å². The molecule has 2 aromatic carbocycles. The van der Waals surface area contributed by atoms with Crippen LogP contribution in [0.25, 0.3) is 10.8 Å². The molecule has 3 fully saturated rings. The topological polar surface area (TPSA) is 98.1 Å². The van der Waals surface area contributed by atoms with Gasteiger partial charge in [0.1, 0.15) is 11.4 Å². The summed E-state index contributed by atoms with van der Waals surface area (Å²) in [5.74, 6) is 1.49. The van der Waals surface area contributed by atoms with Gasteiger partial charge in [-0.1, -0.05) is 42.3 Å². The normalized spacial score (nSPS) is 24.4. The Bertz CT molecular complexity index is 1730. The molecule has 0 spiro atoms. The fraction of sp³-hybridized carbons (Fsp3) is 0.568. The van der Waals surface area contributed by atoms with Crippen LogP contribution in [0.1, 0.15) is 57.7 Å². The monoisotopic (exact) mass is 671 g/mol. The van der Waals surface area contributed by atoms with Crippen LogP contribution >= 0.6 is 11.6 Å². The highest BCUT2D eigenvalue weighted by Crippen LogP contribution is 2.48. The molecule has 254 valence electrons. The van der Waals surface area contributed by atoms with Crippen LogP contribution in [-0.2, 0) is 17.7 Å². The molecule has 0 radical (unpaired) electrons. The average molecular weight is 672 g/mol. The highest BCUT2D eigenvalue weighted by Gasteiger charge is 2.49. The first-order chi connectivity index (χ1) is 23.0. The largest absolute Gasteiger partial charge is 0.463 e. The maximum absolute atomic E-state index is 13.2. The molecule has 48 heavy (non-hydrogen) atoms. The second-order valence-corrected chi connectivity index (χ2v) is 15.5. The third-order valence-corrected chi connectivity index (χ3v) is 10.9. The van der Waals surface area contributed by atoms with Gasteiger partial charge in [-0.05, 0) is 70.5 Å². The molecule has 3 atom stereocenters. The zero-order valence-corrected chi connectivity index (χ0v) is 29.3. The summed E-state index contributed by atoms with van der Waals surface area (Å²) in [5.41, 5.74) is 2.66. The fourth-order valence-corrected chi connectivity index (χ4v) is 8.75. The van der Waals surface area contributed by atoms with Gasteiger partial charge in [-0.3, -0.25) is 0 Å². The lowest BCUT2D eigenvalue weighted by Crippen LogP contribution is -2.56. The maximum atomic E-state index is 13.2. The van der Waals surface area contributed by atoms with E-state index in [2.05, 4.69) is 52.1 Å². The molecule has 7 rings (SSSR count). The van der Waals surface area contributed by atoms with E-state index in [4.69, 9.17) is 31.0 Å². The van der Waals surface area contributed by atoms with Crippen molar-refractivity contribution in [1.82, 2.24) is 19.8 Å². The molecule has 1 aliphatic carbocycles. The first-order valence-electron chi connectivity index (χ1n) is 17.3. The van der Waals surface area contributed by atoms with E-state index >= 15 is 0 Å². The molecule has 3 aliphatic heterocycles. The Morgan fingerprint density at radius 1 is 1.10 bits per heavy atom. The predicted octanol–water partition coefficient (Wildman–Crippen LogP) is 6.30. The van der Waals surface area contributed by atoms with Gasteiger partial charge < -0.3 is 29.1 Å². The molecule has 0 N–H and O–H groups in total. The number of fused-ring (bicyclic) bond motifs is 3. The van der Waals surface area contributed by atoms with Crippen LogP contribution in [0.3, 0.4) is 0 Å². The van der Waals surface area contributed by atoms with Crippen LogP contribution in [0.5, 0.6) is 6.01 Å². The number of benzene rings is 2. The van der Waals surface area contributed by atoms with Gasteiger partial charge in [-0.15, -0.1) is 0 Å². The van der Waals surface area contributed by atoms with Crippen molar-refractivity contribution in [2.24, 2.45) is 11.3 Å². The summed E-state index contributed by atoms with van der Waals surface area (Å²) in [7, 11) is 2.20. The molecule has 11 heteroatoms. The summed E-state index contributed by atoms with van der Waals surface area (Å²) in [6.07, 6.45) is 4.22. The number of nitriles is 1. The quantitative estimate of drug-likeness (QED) is 0.299. The number of ether oxygens (including phenoxy) is 2. The Labute approximate surface area is 288 Å². The number of nitrogens with zero attached hydrogens (tertiary/aromatic N) is 7. The summed E-state index contributed by atoms with van der Waals surface area (Å²) in [4.78, 5) is 32.1. The van der Waals surface area contributed by atoms with Crippen molar-refractivity contribution in [2.75, 3.05) is 62.7 Å². The Balaban J connectivity index is 1.21. The zero-order chi connectivity index (χ0) is 33.6. The molecule has 10 nitrogen and oxygen atoms in total. The van der Waals surface area contributed by atoms with E-state index in [-0.39, 0.29) is 24.0 Å². The minimum atomic E-state index is -0.616. The number of anilines is 2. The Morgan fingerprint density at radius 3 is 2.71 bits per heavy atom. The van der Waals surface area contributed by atoms with Crippen molar-refractivity contribution in [3.8, 4) is 12.1 Å². The fourth-order valence-electron chi connectivity index (χ4n) is 8.47. The third kappa shape index (κ3) is 6.35. The third-order valence-electron chi connectivity index (χ3n) is 10.6. The van der Waals surface area contributed by atoms with Crippen molar-refractivity contribution in [2.45, 2.75) is 71.1 Å². The Morgan fingerprint density at radius 2 is 1.92 bits per heavy atom. The van der Waals surface area contributed by atoms with Crippen molar-refractivity contribution in [3.63, 3.8) is 0 Å². The lowest BCUT2D eigenvalue weighted by molar-refractivity contribution is 0.0144. The first kappa shape index (κ1) is 32.7. The van der Waals surface area contributed by atoms with Crippen LogP contribution in [-0.4, -0.2) is 90.4 Å². The zero-order valence-electron chi connectivity index (χ0n) is 28.5. The molecule has 3 aromatic rings. The molecule has 2 unspecified atom stereocenters. The number of piperazine rings is 1. The van der Waals surface area contributed by atoms with Crippen molar-refractivity contribution in [3.05, 3.63) is 52.7 Å². The lowest BCUT2D eigenvalue weighted by Gasteiger charge is -2.42. The van der Waals surface area contributed by atoms with E-state index in [0.29, 0.717) is 44.7 Å². The van der Waals surface area contributed by atoms with Crippen LogP contribution < -0.4 is 14.5 Å². The van der Waals surface area contributed by atoms with Crippen LogP contribution in [0, 0.1) is 22.7 Å². The van der Waals surface area contributed by atoms with E-state index in [0.717, 1.165) is 71.0 Å². The van der Waals surface area contributed by atoms with Crippen LogP contribution in [0.2, 0.25) is 5.02 Å². The molecule has 1 saturated carbocycles. The van der Waals surface area contributed by atoms with Crippen LogP contribution in [0.4, 0.5) is 16.3 Å². The molecular weight excluding hydrogens is 626 g/mol. The smallest absolute Gasteiger partial charge is 0.410 e. The van der Waals surface area contributed by atoms with Gasteiger partial charge in [0, 0.05) is 61.3 Å². The van der Waals surface area contributed by atoms with E-state index in [1.165, 1.54) is 12.8 Å². The minimum Gasteiger partial charge on any atom is -0.463 e. The van der Waals surface area contributed by atoms with E-state index in [9.17, 15) is 10.1 Å². The number of rotatable bonds is 6. The molecule has 4 heterocycles. The molecule has 2 saturated heterocycles. The summed E-state index contributed by atoms with van der Waals surface area (Å²) in [6.45, 7) is 11.2. The van der Waals surface area contributed by atoms with Crippen LogP contribution in [0.15, 0.2) is 36.4 Å². The Hall–Kier alpha value is -3.81. The summed E-state index contributed by atoms with van der Waals surface area (Å²) in [6, 6.07) is 14.7. The highest BCUT2D eigenvalue weighted by atomic mass is 35.5. The molecule has 4 aliphatic rings. The first-order valence-corrected chi connectivity index (χ1v) is 17.7. The number of aromatic nitrogens is 2. The number of likely N-dealkylation sites (tertiary alicyclic amines) is 1. The number of hydrogen-bond donors (Lipinski definition) is 0. The molecule has 1 aromatic heterocycles. The number of carbonyl (C=O) groups is 1. The number of halogens is 1. The van der Waals surface area contributed by atoms with Gasteiger partial charge in [0.15, 0.2) is 0 Å². The maximum Gasteiger partial charge on any atom is 0.410 e. The van der Waals surface area contributed by atoms with E-state index in [1.807, 2.05) is 32.9 Å². The number of amides is 1. The van der Waals surface area contributed by atoms with Gasteiger partial charge in [0.25, 0.3) is 0 Å². The minimum absolute atomic E-state index is 0.136. The van der Waals surface area contributed by atoms with Gasteiger partial charge in [-0.2, -0.15) is 15.2 Å².